The van der Waals surface area contributed by atoms with Gasteiger partial charge in [0.1, 0.15) is 11.5 Å². The number of carbonyl (C=O) groups is 1. The molecule has 17 heavy (non-hydrogen) atoms. The molecule has 1 aliphatic rings. The Bertz CT molecular complexity index is 421. The molecule has 0 N–H and O–H groups in total. The third-order valence-corrected chi connectivity index (χ3v) is 3.41. The molecule has 1 aliphatic carbocycles. The Hall–Kier alpha value is -1.51. The van der Waals surface area contributed by atoms with Crippen LogP contribution in [0.15, 0.2) is 18.2 Å². The van der Waals surface area contributed by atoms with Gasteiger partial charge in [0.05, 0.1) is 19.8 Å². The second kappa shape index (κ2) is 4.78. The molecule has 0 saturated heterocycles. The van der Waals surface area contributed by atoms with E-state index < -0.39 is 0 Å². The van der Waals surface area contributed by atoms with Crippen LogP contribution in [0, 0.1) is 11.8 Å². The van der Waals surface area contributed by atoms with E-state index in [9.17, 15) is 4.79 Å². The van der Waals surface area contributed by atoms with E-state index in [1.54, 1.807) is 32.4 Å². The van der Waals surface area contributed by atoms with Crippen LogP contribution in [0.2, 0.25) is 0 Å². The molecule has 1 aromatic carbocycles. The zero-order chi connectivity index (χ0) is 12.4. The van der Waals surface area contributed by atoms with Crippen LogP contribution < -0.4 is 9.47 Å². The third-order valence-electron chi connectivity index (χ3n) is 3.41. The van der Waals surface area contributed by atoms with Gasteiger partial charge in [-0.1, -0.05) is 6.92 Å². The fraction of sp³-hybridized carbons (Fsp3) is 0.500. The van der Waals surface area contributed by atoms with E-state index in [0.29, 0.717) is 23.0 Å². The second-order valence-electron chi connectivity index (χ2n) is 4.56. The van der Waals surface area contributed by atoms with Gasteiger partial charge in [0, 0.05) is 5.92 Å². The average Bonchev–Trinajstić information content (AvgIpc) is 3.20. The van der Waals surface area contributed by atoms with E-state index in [2.05, 4.69) is 0 Å². The number of rotatable bonds is 5. The van der Waals surface area contributed by atoms with Crippen molar-refractivity contribution in [2.75, 3.05) is 14.2 Å². The van der Waals surface area contributed by atoms with Crippen molar-refractivity contribution in [3.8, 4) is 11.5 Å². The smallest absolute Gasteiger partial charge is 0.169 e. The van der Waals surface area contributed by atoms with Crippen LogP contribution in [0.1, 0.15) is 30.1 Å². The Kier molecular flexibility index (Phi) is 3.36. The molecule has 0 amide bonds. The molecule has 3 nitrogen and oxygen atoms in total. The van der Waals surface area contributed by atoms with E-state index in [1.165, 1.54) is 12.8 Å². The van der Waals surface area contributed by atoms with Crippen LogP contribution in [0.25, 0.3) is 0 Å². The van der Waals surface area contributed by atoms with Gasteiger partial charge >= 0.3 is 0 Å². The molecule has 3 heteroatoms. The number of Topliss-reactive ketones (excluding diaryl/α,β-unsaturated/α-hetero) is 1. The minimum atomic E-state index is 0.0796. The van der Waals surface area contributed by atoms with Gasteiger partial charge < -0.3 is 9.47 Å². The zero-order valence-corrected chi connectivity index (χ0v) is 10.5. The zero-order valence-electron chi connectivity index (χ0n) is 10.5. The number of hydrogen-bond acceptors (Lipinski definition) is 3. The highest BCUT2D eigenvalue weighted by Gasteiger charge is 2.34. The monoisotopic (exact) mass is 234 g/mol. The third kappa shape index (κ3) is 2.43. The van der Waals surface area contributed by atoms with Gasteiger partial charge in [0.15, 0.2) is 5.78 Å². The lowest BCUT2D eigenvalue weighted by Gasteiger charge is -2.13. The van der Waals surface area contributed by atoms with Crippen LogP contribution in [0.3, 0.4) is 0 Å². The van der Waals surface area contributed by atoms with E-state index >= 15 is 0 Å². The van der Waals surface area contributed by atoms with Crippen molar-refractivity contribution < 1.29 is 14.3 Å². The predicted molar refractivity (Wildman–Crippen MR) is 65.8 cm³/mol. The van der Waals surface area contributed by atoms with Crippen molar-refractivity contribution in [1.29, 1.82) is 0 Å². The van der Waals surface area contributed by atoms with Crippen LogP contribution in [0.5, 0.6) is 11.5 Å². The first-order chi connectivity index (χ1) is 8.17. The molecular weight excluding hydrogens is 216 g/mol. The minimum Gasteiger partial charge on any atom is -0.497 e. The Balaban J connectivity index is 2.30. The SMILES string of the molecule is COc1ccc(OC)c(C(=O)C(C)C2CC2)c1. The molecular formula is C14H18O3. The van der Waals surface area contributed by atoms with E-state index in [-0.39, 0.29) is 11.7 Å². The first-order valence-corrected chi connectivity index (χ1v) is 5.93. The maximum atomic E-state index is 12.3. The Morgan fingerprint density at radius 3 is 2.53 bits per heavy atom. The number of carbonyl (C=O) groups excluding carboxylic acids is 1. The van der Waals surface area contributed by atoms with Crippen molar-refractivity contribution in [2.24, 2.45) is 11.8 Å². The van der Waals surface area contributed by atoms with Crippen LogP contribution in [0.4, 0.5) is 0 Å². The fourth-order valence-electron chi connectivity index (χ4n) is 2.06. The molecule has 1 aromatic rings. The van der Waals surface area contributed by atoms with Gasteiger partial charge in [-0.3, -0.25) is 4.79 Å². The van der Waals surface area contributed by atoms with Crippen LogP contribution in [-0.2, 0) is 0 Å². The molecule has 2 rings (SSSR count). The van der Waals surface area contributed by atoms with Gasteiger partial charge in [0.25, 0.3) is 0 Å². The summed E-state index contributed by atoms with van der Waals surface area (Å²) in [5.41, 5.74) is 0.631. The lowest BCUT2D eigenvalue weighted by Crippen LogP contribution is -2.14. The van der Waals surface area contributed by atoms with Crippen LogP contribution in [-0.4, -0.2) is 20.0 Å². The summed E-state index contributed by atoms with van der Waals surface area (Å²) in [5, 5.41) is 0. The highest BCUT2D eigenvalue weighted by molar-refractivity contribution is 6.00. The lowest BCUT2D eigenvalue weighted by molar-refractivity contribution is 0.0912. The van der Waals surface area contributed by atoms with Crippen molar-refractivity contribution >= 4 is 5.78 Å². The Labute approximate surface area is 102 Å². The first-order valence-electron chi connectivity index (χ1n) is 5.93. The van der Waals surface area contributed by atoms with E-state index in [1.807, 2.05) is 6.92 Å². The van der Waals surface area contributed by atoms with Crippen molar-refractivity contribution in [1.82, 2.24) is 0 Å². The molecule has 0 bridgehead atoms. The maximum absolute atomic E-state index is 12.3. The van der Waals surface area contributed by atoms with E-state index in [4.69, 9.17) is 9.47 Å². The normalized spacial score (nSPS) is 16.4. The maximum Gasteiger partial charge on any atom is 0.169 e. The number of methoxy groups -OCH3 is 2. The Morgan fingerprint density at radius 1 is 1.29 bits per heavy atom. The second-order valence-corrected chi connectivity index (χ2v) is 4.56. The molecule has 0 spiro atoms. The number of ketones is 1. The highest BCUT2D eigenvalue weighted by atomic mass is 16.5. The molecule has 92 valence electrons. The summed E-state index contributed by atoms with van der Waals surface area (Å²) in [7, 11) is 3.18. The van der Waals surface area contributed by atoms with Crippen molar-refractivity contribution in [3.05, 3.63) is 23.8 Å². The summed E-state index contributed by atoms with van der Waals surface area (Å²) in [6, 6.07) is 5.35. The molecule has 0 aromatic heterocycles. The fourth-order valence-corrected chi connectivity index (χ4v) is 2.06. The summed E-state index contributed by atoms with van der Waals surface area (Å²) < 4.78 is 10.4. The summed E-state index contributed by atoms with van der Waals surface area (Å²) in [5.74, 6) is 2.11. The highest BCUT2D eigenvalue weighted by Crippen LogP contribution is 2.39. The van der Waals surface area contributed by atoms with Gasteiger partial charge in [0.2, 0.25) is 0 Å². The topological polar surface area (TPSA) is 35.5 Å². The molecule has 0 heterocycles. The average molecular weight is 234 g/mol. The molecule has 0 radical (unpaired) electrons. The number of ether oxygens (including phenoxy) is 2. The quantitative estimate of drug-likeness (QED) is 0.735. The van der Waals surface area contributed by atoms with Gasteiger partial charge in [-0.05, 0) is 37.0 Å². The van der Waals surface area contributed by atoms with Gasteiger partial charge in [-0.15, -0.1) is 0 Å². The summed E-state index contributed by atoms with van der Waals surface area (Å²) in [6.07, 6.45) is 2.33. The largest absolute Gasteiger partial charge is 0.497 e. The van der Waals surface area contributed by atoms with Crippen LogP contribution >= 0.6 is 0 Å². The Morgan fingerprint density at radius 2 is 2.00 bits per heavy atom. The number of benzene rings is 1. The standard InChI is InChI=1S/C14H18O3/c1-9(10-4-5-10)14(15)12-8-11(16-2)6-7-13(12)17-3/h6-10H,4-5H2,1-3H3. The predicted octanol–water partition coefficient (Wildman–Crippen LogP) is 2.93. The molecule has 1 atom stereocenters. The first kappa shape index (κ1) is 12.0. The van der Waals surface area contributed by atoms with Crippen molar-refractivity contribution in [2.45, 2.75) is 19.8 Å². The summed E-state index contributed by atoms with van der Waals surface area (Å²) >= 11 is 0. The molecule has 1 fully saturated rings. The van der Waals surface area contributed by atoms with Crippen molar-refractivity contribution in [3.63, 3.8) is 0 Å². The lowest BCUT2D eigenvalue weighted by atomic mass is 9.94. The van der Waals surface area contributed by atoms with Gasteiger partial charge in [-0.25, -0.2) is 0 Å². The van der Waals surface area contributed by atoms with E-state index in [0.717, 1.165) is 0 Å². The van der Waals surface area contributed by atoms with Gasteiger partial charge in [-0.2, -0.15) is 0 Å². The molecule has 1 unspecified atom stereocenters. The summed E-state index contributed by atoms with van der Waals surface area (Å²) in [6.45, 7) is 2.00. The minimum absolute atomic E-state index is 0.0796. The molecule has 1 saturated carbocycles. The number of hydrogen-bond donors (Lipinski definition) is 0. The summed E-state index contributed by atoms with van der Waals surface area (Å²) in [4.78, 5) is 12.3. The molecule has 0 aliphatic heterocycles.